The number of likely N-dealkylation sites (tertiary alicyclic amines) is 1. The van der Waals surface area contributed by atoms with E-state index in [1.807, 2.05) is 18.2 Å². The number of hydrogen-bond donors (Lipinski definition) is 1. The van der Waals surface area contributed by atoms with Crippen LogP contribution >= 0.6 is 0 Å². The van der Waals surface area contributed by atoms with Crippen molar-refractivity contribution in [2.45, 2.75) is 50.3 Å². The zero-order chi connectivity index (χ0) is 17.8. The maximum Gasteiger partial charge on any atom is 0.119 e. The van der Waals surface area contributed by atoms with Crippen molar-refractivity contribution in [1.29, 1.82) is 0 Å². The second-order valence-electron chi connectivity index (χ2n) is 7.83. The van der Waals surface area contributed by atoms with E-state index in [4.69, 9.17) is 4.74 Å². The van der Waals surface area contributed by atoms with Crippen molar-refractivity contribution in [3.05, 3.63) is 65.7 Å². The van der Waals surface area contributed by atoms with Gasteiger partial charge in [-0.3, -0.25) is 0 Å². The summed E-state index contributed by atoms with van der Waals surface area (Å²) in [5.41, 5.74) is 2.64. The third kappa shape index (κ3) is 4.46. The van der Waals surface area contributed by atoms with Crippen LogP contribution in [0, 0.1) is 0 Å². The molecule has 1 unspecified atom stereocenters. The van der Waals surface area contributed by atoms with Crippen LogP contribution in [0.5, 0.6) is 5.75 Å². The summed E-state index contributed by atoms with van der Waals surface area (Å²) in [5, 5.41) is 3.79. The second-order valence-corrected chi connectivity index (χ2v) is 7.83. The van der Waals surface area contributed by atoms with Gasteiger partial charge in [0.25, 0.3) is 0 Å². The van der Waals surface area contributed by atoms with E-state index >= 15 is 0 Å². The summed E-state index contributed by atoms with van der Waals surface area (Å²) < 4.78 is 5.89. The molecule has 2 fully saturated rings. The number of likely N-dealkylation sites (N-methyl/N-ethyl adjacent to an activating group) is 1. The monoisotopic (exact) mass is 350 g/mol. The zero-order valence-corrected chi connectivity index (χ0v) is 15.7. The predicted octanol–water partition coefficient (Wildman–Crippen LogP) is 4.20. The van der Waals surface area contributed by atoms with Gasteiger partial charge in [-0.1, -0.05) is 48.9 Å². The van der Waals surface area contributed by atoms with Crippen molar-refractivity contribution in [3.8, 4) is 5.75 Å². The average Bonchev–Trinajstić information content (AvgIpc) is 3.47. The molecule has 0 bridgehead atoms. The Morgan fingerprint density at radius 3 is 2.62 bits per heavy atom. The molecule has 4 rings (SSSR count). The van der Waals surface area contributed by atoms with Gasteiger partial charge >= 0.3 is 0 Å². The first-order valence-electron chi connectivity index (χ1n) is 10.00. The van der Waals surface area contributed by atoms with Gasteiger partial charge < -0.3 is 15.0 Å². The summed E-state index contributed by atoms with van der Waals surface area (Å²) in [6.07, 6.45) is 5.35. The lowest BCUT2D eigenvalue weighted by Crippen LogP contribution is -2.43. The first-order chi connectivity index (χ1) is 12.8. The minimum Gasteiger partial charge on any atom is -0.489 e. The topological polar surface area (TPSA) is 24.5 Å². The Balaban J connectivity index is 1.23. The largest absolute Gasteiger partial charge is 0.489 e. The second kappa shape index (κ2) is 8.24. The van der Waals surface area contributed by atoms with Crippen LogP contribution in [0.2, 0.25) is 0 Å². The van der Waals surface area contributed by atoms with Gasteiger partial charge in [0.1, 0.15) is 12.4 Å². The van der Waals surface area contributed by atoms with Gasteiger partial charge in [-0.15, -0.1) is 0 Å². The van der Waals surface area contributed by atoms with E-state index in [9.17, 15) is 0 Å². The van der Waals surface area contributed by atoms with Gasteiger partial charge in [0.2, 0.25) is 0 Å². The number of nitrogens with zero attached hydrogens (tertiary/aromatic N) is 1. The Kier molecular flexibility index (Phi) is 5.57. The summed E-state index contributed by atoms with van der Waals surface area (Å²) in [5.74, 6) is 1.62. The van der Waals surface area contributed by atoms with Crippen LogP contribution in [0.1, 0.15) is 42.7 Å². The number of benzene rings is 2. The highest BCUT2D eigenvalue weighted by Gasteiger charge is 2.38. The van der Waals surface area contributed by atoms with Crippen LogP contribution in [0.25, 0.3) is 0 Å². The summed E-state index contributed by atoms with van der Waals surface area (Å²) in [6, 6.07) is 20.4. The fourth-order valence-electron chi connectivity index (χ4n) is 4.03. The number of hydrogen-bond acceptors (Lipinski definition) is 3. The summed E-state index contributed by atoms with van der Waals surface area (Å²) in [6.45, 7) is 3.02. The molecular formula is C23H30N2O. The van der Waals surface area contributed by atoms with E-state index in [1.54, 1.807) is 0 Å². The van der Waals surface area contributed by atoms with Crippen LogP contribution in [0.4, 0.5) is 0 Å². The first-order valence-corrected chi connectivity index (χ1v) is 10.00. The zero-order valence-electron chi connectivity index (χ0n) is 15.7. The molecule has 0 aromatic heterocycles. The third-order valence-electron chi connectivity index (χ3n) is 5.88. The molecule has 1 saturated carbocycles. The molecule has 1 aliphatic carbocycles. The van der Waals surface area contributed by atoms with Crippen LogP contribution in [0.15, 0.2) is 54.6 Å². The lowest BCUT2D eigenvalue weighted by Gasteiger charge is -2.32. The summed E-state index contributed by atoms with van der Waals surface area (Å²) in [7, 11) is 2.27. The molecule has 1 saturated heterocycles. The molecule has 1 aliphatic heterocycles. The molecule has 2 aromatic carbocycles. The molecule has 3 heteroatoms. The van der Waals surface area contributed by atoms with Gasteiger partial charge in [-0.2, -0.15) is 0 Å². The number of rotatable bonds is 7. The van der Waals surface area contributed by atoms with E-state index < -0.39 is 0 Å². The maximum absolute atomic E-state index is 5.89. The standard InChI is InChI=1S/C23H30N2O/c1-25-14-6-5-9-20(25)16-24-23-15-22(23)19-10-12-21(13-11-19)26-17-18-7-3-2-4-8-18/h2-4,7-8,10-13,20,22-24H,5-6,9,14-17H2,1H3/t20?,22-,23+/m0/s1. The van der Waals surface area contributed by atoms with Crippen molar-refractivity contribution in [1.82, 2.24) is 10.2 Å². The highest BCUT2D eigenvalue weighted by atomic mass is 16.5. The number of piperidine rings is 1. The minimum atomic E-state index is 0.628. The average molecular weight is 351 g/mol. The molecule has 26 heavy (non-hydrogen) atoms. The Hall–Kier alpha value is -1.84. The van der Waals surface area contributed by atoms with Gasteiger partial charge in [0.15, 0.2) is 0 Å². The molecule has 0 spiro atoms. The van der Waals surface area contributed by atoms with Gasteiger partial charge in [-0.05, 0) is 56.1 Å². The molecule has 1 N–H and O–H groups in total. The SMILES string of the molecule is CN1CCCCC1CN[C@@H]1C[C@H]1c1ccc(OCc2ccccc2)cc1. The predicted molar refractivity (Wildman–Crippen MR) is 107 cm³/mol. The lowest BCUT2D eigenvalue weighted by atomic mass is 10.0. The van der Waals surface area contributed by atoms with Crippen molar-refractivity contribution < 1.29 is 4.74 Å². The maximum atomic E-state index is 5.89. The van der Waals surface area contributed by atoms with Crippen LogP contribution < -0.4 is 10.1 Å². The summed E-state index contributed by atoms with van der Waals surface area (Å²) >= 11 is 0. The van der Waals surface area contributed by atoms with Gasteiger partial charge in [0, 0.05) is 24.5 Å². The molecule has 1 heterocycles. The molecule has 3 atom stereocenters. The highest BCUT2D eigenvalue weighted by Crippen LogP contribution is 2.41. The van der Waals surface area contributed by atoms with Crippen molar-refractivity contribution in [3.63, 3.8) is 0 Å². The Labute approximate surface area is 157 Å². The molecule has 2 aromatic rings. The number of nitrogens with one attached hydrogen (secondary N) is 1. The van der Waals surface area contributed by atoms with E-state index in [2.05, 4.69) is 53.7 Å². The Morgan fingerprint density at radius 2 is 1.85 bits per heavy atom. The molecule has 0 amide bonds. The first kappa shape index (κ1) is 17.6. The minimum absolute atomic E-state index is 0.628. The van der Waals surface area contributed by atoms with E-state index in [-0.39, 0.29) is 0 Å². The van der Waals surface area contributed by atoms with Crippen molar-refractivity contribution in [2.24, 2.45) is 0 Å². The molecule has 2 aliphatic rings. The van der Waals surface area contributed by atoms with Crippen LogP contribution in [-0.2, 0) is 6.61 Å². The normalized spacial score (nSPS) is 25.8. The molecule has 0 radical (unpaired) electrons. The Morgan fingerprint density at radius 1 is 1.04 bits per heavy atom. The highest BCUT2D eigenvalue weighted by molar-refractivity contribution is 5.34. The van der Waals surface area contributed by atoms with E-state index in [0.29, 0.717) is 18.6 Å². The molecule has 138 valence electrons. The third-order valence-corrected chi connectivity index (χ3v) is 5.88. The molecular weight excluding hydrogens is 320 g/mol. The lowest BCUT2D eigenvalue weighted by molar-refractivity contribution is 0.181. The van der Waals surface area contributed by atoms with E-state index in [1.165, 1.54) is 43.4 Å². The van der Waals surface area contributed by atoms with Crippen molar-refractivity contribution in [2.75, 3.05) is 20.1 Å². The Bertz CT molecular complexity index is 685. The fourth-order valence-corrected chi connectivity index (χ4v) is 4.03. The van der Waals surface area contributed by atoms with Gasteiger partial charge in [-0.25, -0.2) is 0 Å². The quantitative estimate of drug-likeness (QED) is 0.810. The van der Waals surface area contributed by atoms with E-state index in [0.717, 1.165) is 18.3 Å². The fraction of sp³-hybridized carbons (Fsp3) is 0.478. The number of ether oxygens (including phenoxy) is 1. The van der Waals surface area contributed by atoms with Crippen molar-refractivity contribution >= 4 is 0 Å². The van der Waals surface area contributed by atoms with Crippen LogP contribution in [-0.4, -0.2) is 37.1 Å². The van der Waals surface area contributed by atoms with Gasteiger partial charge in [0.05, 0.1) is 0 Å². The summed E-state index contributed by atoms with van der Waals surface area (Å²) in [4.78, 5) is 2.52. The van der Waals surface area contributed by atoms with Crippen LogP contribution in [0.3, 0.4) is 0 Å². The molecule has 3 nitrogen and oxygen atoms in total. The smallest absolute Gasteiger partial charge is 0.119 e.